The number of nitrogens with one attached hydrogen (secondary N) is 1. The summed E-state index contributed by atoms with van der Waals surface area (Å²) in [5.41, 5.74) is 0.811. The molecule has 106 valence electrons. The zero-order valence-corrected chi connectivity index (χ0v) is 11.6. The lowest BCUT2D eigenvalue weighted by Gasteiger charge is -2.31. The molecule has 0 saturated carbocycles. The van der Waals surface area contributed by atoms with Crippen molar-refractivity contribution in [2.75, 3.05) is 19.5 Å². The lowest BCUT2D eigenvalue weighted by molar-refractivity contribution is -0.0718. The standard InChI is InChI=1S/C12H18N2O4S/c1-19(15,16)14-11-5-7-17-9-12(11)18-8-10-4-2-3-6-13-10/h2-4,6,11-12,14H,5,7-9H2,1H3/t11-,12-/m1/s1. The summed E-state index contributed by atoms with van der Waals surface area (Å²) in [6.07, 6.45) is 3.17. The largest absolute Gasteiger partial charge is 0.379 e. The monoisotopic (exact) mass is 286 g/mol. The zero-order valence-electron chi connectivity index (χ0n) is 10.8. The van der Waals surface area contributed by atoms with Crippen LogP contribution in [-0.4, -0.2) is 45.0 Å². The molecule has 0 radical (unpaired) electrons. The third-order valence-electron chi connectivity index (χ3n) is 2.84. The van der Waals surface area contributed by atoms with Crippen LogP contribution in [0.2, 0.25) is 0 Å². The molecule has 1 fully saturated rings. The number of hydrogen-bond donors (Lipinski definition) is 1. The zero-order chi connectivity index (χ0) is 13.7. The van der Waals surface area contributed by atoms with Crippen LogP contribution >= 0.6 is 0 Å². The molecule has 19 heavy (non-hydrogen) atoms. The second-order valence-corrected chi connectivity index (χ2v) is 6.31. The molecule has 1 saturated heterocycles. The van der Waals surface area contributed by atoms with Gasteiger partial charge in [0.2, 0.25) is 10.0 Å². The molecular weight excluding hydrogens is 268 g/mol. The van der Waals surface area contributed by atoms with Crippen molar-refractivity contribution in [3.63, 3.8) is 0 Å². The van der Waals surface area contributed by atoms with Crippen molar-refractivity contribution in [2.45, 2.75) is 25.2 Å². The Balaban J connectivity index is 1.92. The van der Waals surface area contributed by atoms with E-state index in [0.717, 1.165) is 11.9 Å². The van der Waals surface area contributed by atoms with Gasteiger partial charge in [0.15, 0.2) is 0 Å². The highest BCUT2D eigenvalue weighted by atomic mass is 32.2. The summed E-state index contributed by atoms with van der Waals surface area (Å²) in [5, 5.41) is 0. The van der Waals surface area contributed by atoms with Crippen molar-refractivity contribution in [2.24, 2.45) is 0 Å². The van der Waals surface area contributed by atoms with Gasteiger partial charge < -0.3 is 9.47 Å². The maximum absolute atomic E-state index is 11.3. The minimum atomic E-state index is -3.24. The van der Waals surface area contributed by atoms with Gasteiger partial charge >= 0.3 is 0 Å². The first-order chi connectivity index (χ1) is 9.04. The third-order valence-corrected chi connectivity index (χ3v) is 3.57. The summed E-state index contributed by atoms with van der Waals surface area (Å²) >= 11 is 0. The van der Waals surface area contributed by atoms with Gasteiger partial charge in [-0.05, 0) is 18.6 Å². The molecule has 2 atom stereocenters. The van der Waals surface area contributed by atoms with Crippen LogP contribution in [0.4, 0.5) is 0 Å². The summed E-state index contributed by atoms with van der Waals surface area (Å²) in [7, 11) is -3.24. The fraction of sp³-hybridized carbons (Fsp3) is 0.583. The van der Waals surface area contributed by atoms with Crippen LogP contribution in [-0.2, 0) is 26.1 Å². The Kier molecular flexibility index (Phi) is 4.87. The minimum Gasteiger partial charge on any atom is -0.379 e. The molecule has 0 bridgehead atoms. The second-order valence-electron chi connectivity index (χ2n) is 4.53. The lowest BCUT2D eigenvalue weighted by Crippen LogP contribution is -2.49. The molecule has 1 N–H and O–H groups in total. The number of aromatic nitrogens is 1. The maximum Gasteiger partial charge on any atom is 0.209 e. The van der Waals surface area contributed by atoms with Crippen LogP contribution in [0.15, 0.2) is 24.4 Å². The highest BCUT2D eigenvalue weighted by Gasteiger charge is 2.28. The number of nitrogens with zero attached hydrogens (tertiary/aromatic N) is 1. The van der Waals surface area contributed by atoms with E-state index >= 15 is 0 Å². The molecule has 0 aromatic carbocycles. The summed E-state index contributed by atoms with van der Waals surface area (Å²) in [6, 6.07) is 5.34. The van der Waals surface area contributed by atoms with E-state index in [1.54, 1.807) is 6.20 Å². The number of ether oxygens (including phenoxy) is 2. The van der Waals surface area contributed by atoms with E-state index in [0.29, 0.717) is 26.2 Å². The summed E-state index contributed by atoms with van der Waals surface area (Å²) in [6.45, 7) is 1.27. The quantitative estimate of drug-likeness (QED) is 0.842. The predicted molar refractivity (Wildman–Crippen MR) is 70.0 cm³/mol. The van der Waals surface area contributed by atoms with Crippen molar-refractivity contribution in [1.29, 1.82) is 0 Å². The highest BCUT2D eigenvalue weighted by molar-refractivity contribution is 7.88. The predicted octanol–water partition coefficient (Wildman–Crippen LogP) is 0.305. The molecule has 0 amide bonds. The molecular formula is C12H18N2O4S. The first-order valence-electron chi connectivity index (χ1n) is 6.11. The van der Waals surface area contributed by atoms with Gasteiger partial charge in [-0.15, -0.1) is 0 Å². The normalized spacial score (nSPS) is 24.3. The first-order valence-corrected chi connectivity index (χ1v) is 8.00. The van der Waals surface area contributed by atoms with Gasteiger partial charge in [-0.1, -0.05) is 6.07 Å². The van der Waals surface area contributed by atoms with E-state index in [9.17, 15) is 8.42 Å². The lowest BCUT2D eigenvalue weighted by atomic mass is 10.1. The smallest absolute Gasteiger partial charge is 0.209 e. The van der Waals surface area contributed by atoms with Crippen molar-refractivity contribution in [1.82, 2.24) is 9.71 Å². The molecule has 1 aromatic rings. The molecule has 1 aliphatic heterocycles. The molecule has 1 aliphatic rings. The van der Waals surface area contributed by atoms with Gasteiger partial charge in [0.1, 0.15) is 0 Å². The Morgan fingerprint density at radius 1 is 1.53 bits per heavy atom. The van der Waals surface area contributed by atoms with Crippen molar-refractivity contribution in [3.8, 4) is 0 Å². The first kappa shape index (κ1) is 14.4. The van der Waals surface area contributed by atoms with Gasteiger partial charge in [-0.3, -0.25) is 4.98 Å². The van der Waals surface area contributed by atoms with Crippen molar-refractivity contribution >= 4 is 10.0 Å². The van der Waals surface area contributed by atoms with E-state index in [2.05, 4.69) is 9.71 Å². The maximum atomic E-state index is 11.3. The van der Waals surface area contributed by atoms with Crippen molar-refractivity contribution < 1.29 is 17.9 Å². The molecule has 0 aliphatic carbocycles. The Morgan fingerprint density at radius 2 is 2.37 bits per heavy atom. The Labute approximate surface area is 113 Å². The van der Waals surface area contributed by atoms with Crippen LogP contribution in [0, 0.1) is 0 Å². The van der Waals surface area contributed by atoms with Crippen molar-refractivity contribution in [3.05, 3.63) is 30.1 Å². The molecule has 0 unspecified atom stereocenters. The molecule has 1 aromatic heterocycles. The third kappa shape index (κ3) is 4.87. The summed E-state index contributed by atoms with van der Waals surface area (Å²) in [4.78, 5) is 4.16. The highest BCUT2D eigenvalue weighted by Crippen LogP contribution is 2.14. The topological polar surface area (TPSA) is 77.5 Å². The minimum absolute atomic E-state index is 0.243. The molecule has 0 spiro atoms. The van der Waals surface area contributed by atoms with E-state index in [1.165, 1.54) is 0 Å². The van der Waals surface area contributed by atoms with Crippen LogP contribution in [0.1, 0.15) is 12.1 Å². The van der Waals surface area contributed by atoms with E-state index in [-0.39, 0.29) is 12.1 Å². The average molecular weight is 286 g/mol. The molecule has 7 heteroatoms. The number of sulfonamides is 1. The summed E-state index contributed by atoms with van der Waals surface area (Å²) < 4.78 is 36.2. The van der Waals surface area contributed by atoms with Gasteiger partial charge in [-0.25, -0.2) is 13.1 Å². The van der Waals surface area contributed by atoms with E-state index in [4.69, 9.17) is 9.47 Å². The Bertz CT molecular complexity index is 492. The van der Waals surface area contributed by atoms with Crippen LogP contribution in [0.5, 0.6) is 0 Å². The SMILES string of the molecule is CS(=O)(=O)N[C@@H]1CCOC[C@H]1OCc1ccccn1. The van der Waals surface area contributed by atoms with Gasteiger partial charge in [0.25, 0.3) is 0 Å². The van der Waals surface area contributed by atoms with Gasteiger partial charge in [-0.2, -0.15) is 0 Å². The molecule has 2 rings (SSSR count). The van der Waals surface area contributed by atoms with E-state index in [1.807, 2.05) is 18.2 Å². The number of pyridine rings is 1. The van der Waals surface area contributed by atoms with Crippen LogP contribution in [0.3, 0.4) is 0 Å². The van der Waals surface area contributed by atoms with E-state index < -0.39 is 10.0 Å². The van der Waals surface area contributed by atoms with Crippen LogP contribution < -0.4 is 4.72 Å². The number of hydrogen-bond acceptors (Lipinski definition) is 5. The fourth-order valence-electron chi connectivity index (χ4n) is 1.96. The average Bonchev–Trinajstić information content (AvgIpc) is 2.37. The Hall–Kier alpha value is -1.02. The second kappa shape index (κ2) is 6.42. The van der Waals surface area contributed by atoms with Crippen LogP contribution in [0.25, 0.3) is 0 Å². The summed E-state index contributed by atoms with van der Waals surface area (Å²) in [5.74, 6) is 0. The molecule has 2 heterocycles. The molecule has 6 nitrogen and oxygen atoms in total. The number of rotatable bonds is 5. The van der Waals surface area contributed by atoms with Gasteiger partial charge in [0, 0.05) is 12.8 Å². The Morgan fingerprint density at radius 3 is 3.05 bits per heavy atom. The fourth-order valence-corrected chi connectivity index (χ4v) is 2.78. The van der Waals surface area contributed by atoms with Gasteiger partial charge in [0.05, 0.1) is 37.3 Å².